The summed E-state index contributed by atoms with van der Waals surface area (Å²) in [6.07, 6.45) is 2.16. The number of carbonyl (C=O) groups is 1. The highest BCUT2D eigenvalue weighted by Gasteiger charge is 2.18. The van der Waals surface area contributed by atoms with E-state index in [4.69, 9.17) is 9.26 Å². The van der Waals surface area contributed by atoms with Crippen LogP contribution < -0.4 is 5.32 Å². The summed E-state index contributed by atoms with van der Waals surface area (Å²) in [6, 6.07) is 5.55. The molecule has 0 unspecified atom stereocenters. The second kappa shape index (κ2) is 6.19. The molecule has 1 fully saturated rings. The molecule has 2 aromatic rings. The number of thiophene rings is 1. The SMILES string of the molecule is O=C(NC[C@@H]1CCCOC1)c1cc(-c2cccs2)on1. The van der Waals surface area contributed by atoms with Gasteiger partial charge in [0.25, 0.3) is 5.91 Å². The first-order valence-corrected chi connectivity index (χ1v) is 7.57. The topological polar surface area (TPSA) is 64.4 Å². The number of carbonyl (C=O) groups excluding carboxylic acids is 1. The number of rotatable bonds is 4. The van der Waals surface area contributed by atoms with Crippen LogP contribution in [0.25, 0.3) is 10.6 Å². The summed E-state index contributed by atoms with van der Waals surface area (Å²) >= 11 is 1.56. The largest absolute Gasteiger partial charge is 0.381 e. The van der Waals surface area contributed by atoms with Crippen LogP contribution in [0.3, 0.4) is 0 Å². The summed E-state index contributed by atoms with van der Waals surface area (Å²) < 4.78 is 10.6. The van der Waals surface area contributed by atoms with E-state index in [0.717, 1.165) is 30.9 Å². The Balaban J connectivity index is 1.57. The van der Waals surface area contributed by atoms with Crippen molar-refractivity contribution in [1.82, 2.24) is 10.5 Å². The van der Waals surface area contributed by atoms with Crippen molar-refractivity contribution in [3.05, 3.63) is 29.3 Å². The molecular formula is C14H16N2O3S. The maximum Gasteiger partial charge on any atom is 0.273 e. The van der Waals surface area contributed by atoms with Crippen LogP contribution in [0.5, 0.6) is 0 Å². The van der Waals surface area contributed by atoms with E-state index < -0.39 is 0 Å². The summed E-state index contributed by atoms with van der Waals surface area (Å²) in [5.74, 6) is 0.838. The Bertz CT molecular complexity index is 559. The van der Waals surface area contributed by atoms with E-state index in [1.54, 1.807) is 17.4 Å². The lowest BCUT2D eigenvalue weighted by molar-refractivity contribution is 0.0535. The summed E-state index contributed by atoms with van der Waals surface area (Å²) in [6.45, 7) is 2.18. The molecule has 0 aromatic carbocycles. The highest BCUT2D eigenvalue weighted by atomic mass is 32.1. The van der Waals surface area contributed by atoms with Gasteiger partial charge in [-0.1, -0.05) is 11.2 Å². The van der Waals surface area contributed by atoms with Crippen molar-refractivity contribution >= 4 is 17.2 Å². The monoisotopic (exact) mass is 292 g/mol. The minimum absolute atomic E-state index is 0.192. The fraction of sp³-hybridized carbons (Fsp3) is 0.429. The molecule has 3 heterocycles. The minimum atomic E-state index is -0.192. The standard InChI is InChI=1S/C14H16N2O3S/c17-14(15-8-10-3-1-5-18-9-10)11-7-12(19-16-11)13-4-2-6-20-13/h2,4,6-7,10H,1,3,5,8-9H2,(H,15,17)/t10-/m0/s1. The van der Waals surface area contributed by atoms with Crippen LogP contribution in [-0.2, 0) is 4.74 Å². The van der Waals surface area contributed by atoms with Gasteiger partial charge in [-0.05, 0) is 30.2 Å². The molecule has 1 atom stereocenters. The van der Waals surface area contributed by atoms with Gasteiger partial charge in [-0.25, -0.2) is 0 Å². The second-order valence-electron chi connectivity index (χ2n) is 4.85. The first kappa shape index (κ1) is 13.3. The normalized spacial score (nSPS) is 18.9. The third-order valence-corrected chi connectivity index (χ3v) is 4.20. The van der Waals surface area contributed by atoms with Crippen LogP contribution in [0.1, 0.15) is 23.3 Å². The maximum atomic E-state index is 12.0. The van der Waals surface area contributed by atoms with Gasteiger partial charge in [0.15, 0.2) is 11.5 Å². The number of hydrogen-bond donors (Lipinski definition) is 1. The van der Waals surface area contributed by atoms with Gasteiger partial charge in [0.1, 0.15) is 0 Å². The Kier molecular flexibility index (Phi) is 4.13. The predicted molar refractivity (Wildman–Crippen MR) is 75.7 cm³/mol. The summed E-state index contributed by atoms with van der Waals surface area (Å²) in [4.78, 5) is 13.0. The Labute approximate surface area is 120 Å². The number of nitrogens with one attached hydrogen (secondary N) is 1. The first-order chi connectivity index (χ1) is 9.83. The van der Waals surface area contributed by atoms with Gasteiger partial charge in [0, 0.05) is 19.2 Å². The van der Waals surface area contributed by atoms with Gasteiger partial charge in [-0.2, -0.15) is 0 Å². The van der Waals surface area contributed by atoms with E-state index >= 15 is 0 Å². The lowest BCUT2D eigenvalue weighted by Crippen LogP contribution is -2.33. The number of aromatic nitrogens is 1. The van der Waals surface area contributed by atoms with Crippen LogP contribution in [0.2, 0.25) is 0 Å². The fourth-order valence-electron chi connectivity index (χ4n) is 2.21. The van der Waals surface area contributed by atoms with E-state index in [2.05, 4.69) is 10.5 Å². The predicted octanol–water partition coefficient (Wildman–Crippen LogP) is 2.56. The second-order valence-corrected chi connectivity index (χ2v) is 5.79. The zero-order chi connectivity index (χ0) is 13.8. The third kappa shape index (κ3) is 3.08. The lowest BCUT2D eigenvalue weighted by atomic mass is 10.0. The molecule has 5 nitrogen and oxygen atoms in total. The highest BCUT2D eigenvalue weighted by Crippen LogP contribution is 2.25. The lowest BCUT2D eigenvalue weighted by Gasteiger charge is -2.21. The summed E-state index contributed by atoms with van der Waals surface area (Å²) in [7, 11) is 0. The molecule has 0 saturated carbocycles. The van der Waals surface area contributed by atoms with Gasteiger partial charge in [-0.15, -0.1) is 11.3 Å². The molecule has 1 aliphatic heterocycles. The molecule has 1 amide bonds. The molecular weight excluding hydrogens is 276 g/mol. The maximum absolute atomic E-state index is 12.0. The van der Waals surface area contributed by atoms with Crippen molar-refractivity contribution in [2.75, 3.05) is 19.8 Å². The van der Waals surface area contributed by atoms with Crippen molar-refractivity contribution in [1.29, 1.82) is 0 Å². The molecule has 1 N–H and O–H groups in total. The van der Waals surface area contributed by atoms with Crippen LogP contribution in [0.4, 0.5) is 0 Å². The van der Waals surface area contributed by atoms with Gasteiger partial charge >= 0.3 is 0 Å². The number of hydrogen-bond acceptors (Lipinski definition) is 5. The van der Waals surface area contributed by atoms with Crippen LogP contribution in [-0.4, -0.2) is 30.8 Å². The van der Waals surface area contributed by atoms with Crippen molar-refractivity contribution in [2.24, 2.45) is 5.92 Å². The molecule has 0 radical (unpaired) electrons. The average Bonchev–Trinajstić information content (AvgIpc) is 3.16. The number of nitrogens with zero attached hydrogens (tertiary/aromatic N) is 1. The van der Waals surface area contributed by atoms with E-state index in [-0.39, 0.29) is 5.91 Å². The zero-order valence-corrected chi connectivity index (χ0v) is 11.8. The molecule has 3 rings (SSSR count). The van der Waals surface area contributed by atoms with E-state index in [1.165, 1.54) is 0 Å². The molecule has 0 aliphatic carbocycles. The van der Waals surface area contributed by atoms with Gasteiger partial charge in [0.2, 0.25) is 0 Å². The third-order valence-electron chi connectivity index (χ3n) is 3.31. The fourth-order valence-corrected chi connectivity index (χ4v) is 2.89. The van der Waals surface area contributed by atoms with E-state index in [0.29, 0.717) is 23.9 Å². The van der Waals surface area contributed by atoms with Gasteiger partial charge in [-0.3, -0.25) is 4.79 Å². The van der Waals surface area contributed by atoms with E-state index in [1.807, 2.05) is 17.5 Å². The molecule has 0 spiro atoms. The Morgan fingerprint density at radius 2 is 2.50 bits per heavy atom. The smallest absolute Gasteiger partial charge is 0.273 e. The zero-order valence-electron chi connectivity index (χ0n) is 11.0. The molecule has 106 valence electrons. The first-order valence-electron chi connectivity index (χ1n) is 6.69. The molecule has 0 bridgehead atoms. The Hall–Kier alpha value is -1.66. The highest BCUT2D eigenvalue weighted by molar-refractivity contribution is 7.13. The van der Waals surface area contributed by atoms with Crippen LogP contribution in [0, 0.1) is 5.92 Å². The Morgan fingerprint density at radius 3 is 3.25 bits per heavy atom. The Morgan fingerprint density at radius 1 is 1.55 bits per heavy atom. The molecule has 1 saturated heterocycles. The van der Waals surface area contributed by atoms with E-state index in [9.17, 15) is 4.79 Å². The molecule has 2 aromatic heterocycles. The van der Waals surface area contributed by atoms with Crippen molar-refractivity contribution in [3.8, 4) is 10.6 Å². The molecule has 6 heteroatoms. The van der Waals surface area contributed by atoms with Crippen molar-refractivity contribution in [2.45, 2.75) is 12.8 Å². The van der Waals surface area contributed by atoms with Crippen LogP contribution in [0.15, 0.2) is 28.1 Å². The van der Waals surface area contributed by atoms with Crippen molar-refractivity contribution in [3.63, 3.8) is 0 Å². The summed E-state index contributed by atoms with van der Waals surface area (Å²) in [5.41, 5.74) is 0.324. The minimum Gasteiger partial charge on any atom is -0.381 e. The molecule has 20 heavy (non-hydrogen) atoms. The van der Waals surface area contributed by atoms with Crippen molar-refractivity contribution < 1.29 is 14.1 Å². The average molecular weight is 292 g/mol. The number of amides is 1. The molecule has 1 aliphatic rings. The van der Waals surface area contributed by atoms with Crippen LogP contribution >= 0.6 is 11.3 Å². The van der Waals surface area contributed by atoms with Gasteiger partial charge in [0.05, 0.1) is 11.5 Å². The number of ether oxygens (including phenoxy) is 1. The summed E-state index contributed by atoms with van der Waals surface area (Å²) in [5, 5.41) is 8.67. The van der Waals surface area contributed by atoms with Gasteiger partial charge < -0.3 is 14.6 Å². The quantitative estimate of drug-likeness (QED) is 0.940.